The maximum Gasteiger partial charge on any atom is 0.172 e. The van der Waals surface area contributed by atoms with Crippen LogP contribution in [0.3, 0.4) is 0 Å². The molecule has 2 N–H and O–H groups in total. The summed E-state index contributed by atoms with van der Waals surface area (Å²) in [5.41, 5.74) is 6.51. The van der Waals surface area contributed by atoms with Gasteiger partial charge >= 0.3 is 0 Å². The van der Waals surface area contributed by atoms with Crippen LogP contribution in [-0.2, 0) is 9.59 Å². The van der Waals surface area contributed by atoms with E-state index < -0.39 is 11.6 Å². The van der Waals surface area contributed by atoms with Gasteiger partial charge in [0.05, 0.1) is 23.6 Å². The number of nitrogen functional groups attached to an aromatic ring is 1. The quantitative estimate of drug-likeness (QED) is 0.495. The molecule has 0 saturated carbocycles. The molecule has 21 heavy (non-hydrogen) atoms. The number of hydrogen-bond donors (Lipinski definition) is 1. The zero-order chi connectivity index (χ0) is 16.3. The average molecular weight is 310 g/mol. The predicted molar refractivity (Wildman–Crippen MR) is 79.9 cm³/mol. The number of benzene rings is 1. The van der Waals surface area contributed by atoms with E-state index in [1.54, 1.807) is 6.92 Å². The highest BCUT2D eigenvalue weighted by atomic mass is 35.5. The summed E-state index contributed by atoms with van der Waals surface area (Å²) in [5, 5.41) is -0.0567. The molecule has 0 aliphatic heterocycles. The second-order valence-corrected chi connectivity index (χ2v) is 5.33. The molecule has 1 aromatic carbocycles. The third-order valence-corrected chi connectivity index (χ3v) is 3.30. The molecule has 0 radical (unpaired) electrons. The highest BCUT2D eigenvalue weighted by Crippen LogP contribution is 2.31. The minimum absolute atomic E-state index is 0.0326. The largest absolute Gasteiger partial charge is 0.397 e. The standard InChI is InChI=1S/C15H16ClNO4/c1-7-4-10(11(20)5-8(2)18)14(16)15(17)13(7)12(21)6-9(3)19/h4H,5-6,17H2,1-3H3. The van der Waals surface area contributed by atoms with Gasteiger partial charge in [-0.2, -0.15) is 0 Å². The number of carbonyl (C=O) groups excluding carboxylic acids is 4. The number of nitrogens with two attached hydrogens (primary N) is 1. The summed E-state index contributed by atoms with van der Waals surface area (Å²) in [5.74, 6) is -1.46. The number of Topliss-reactive ketones (excluding diaryl/α,β-unsaturated/α-hetero) is 4. The molecule has 0 amide bonds. The van der Waals surface area contributed by atoms with Crippen molar-refractivity contribution in [1.82, 2.24) is 0 Å². The molecule has 0 heterocycles. The first-order valence-corrected chi connectivity index (χ1v) is 6.66. The molecule has 0 atom stereocenters. The van der Waals surface area contributed by atoms with Crippen molar-refractivity contribution in [2.45, 2.75) is 33.6 Å². The smallest absolute Gasteiger partial charge is 0.172 e. The first-order valence-electron chi connectivity index (χ1n) is 6.29. The summed E-state index contributed by atoms with van der Waals surface area (Å²) < 4.78 is 0. The number of anilines is 1. The minimum atomic E-state index is -0.451. The van der Waals surface area contributed by atoms with Gasteiger partial charge in [0.1, 0.15) is 11.6 Å². The Labute approximate surface area is 127 Å². The van der Waals surface area contributed by atoms with Crippen LogP contribution < -0.4 is 5.73 Å². The zero-order valence-corrected chi connectivity index (χ0v) is 12.8. The number of halogens is 1. The predicted octanol–water partition coefficient (Wildman–Crippen LogP) is 2.55. The van der Waals surface area contributed by atoms with Gasteiger partial charge in [-0.1, -0.05) is 11.6 Å². The van der Waals surface area contributed by atoms with Crippen LogP contribution in [0.2, 0.25) is 5.02 Å². The molecule has 0 aromatic heterocycles. The van der Waals surface area contributed by atoms with Crippen LogP contribution in [0.4, 0.5) is 5.69 Å². The molecule has 0 saturated heterocycles. The number of carbonyl (C=O) groups is 4. The fourth-order valence-corrected chi connectivity index (χ4v) is 2.28. The molecule has 1 aromatic rings. The topological polar surface area (TPSA) is 94.3 Å². The Morgan fingerprint density at radius 3 is 2.00 bits per heavy atom. The number of aryl methyl sites for hydroxylation is 1. The zero-order valence-electron chi connectivity index (χ0n) is 12.1. The maximum absolute atomic E-state index is 12.0. The van der Waals surface area contributed by atoms with Crippen molar-refractivity contribution in [3.63, 3.8) is 0 Å². The van der Waals surface area contributed by atoms with Crippen molar-refractivity contribution in [3.8, 4) is 0 Å². The van der Waals surface area contributed by atoms with E-state index in [2.05, 4.69) is 0 Å². The van der Waals surface area contributed by atoms with Crippen molar-refractivity contribution >= 4 is 40.4 Å². The van der Waals surface area contributed by atoms with Crippen LogP contribution in [0.15, 0.2) is 6.07 Å². The Morgan fingerprint density at radius 1 is 1.05 bits per heavy atom. The fraction of sp³-hybridized carbons (Fsp3) is 0.333. The lowest BCUT2D eigenvalue weighted by atomic mass is 9.94. The van der Waals surface area contributed by atoms with E-state index >= 15 is 0 Å². The van der Waals surface area contributed by atoms with E-state index in [-0.39, 0.29) is 46.2 Å². The van der Waals surface area contributed by atoms with Gasteiger partial charge in [0.2, 0.25) is 0 Å². The molecule has 0 fully saturated rings. The van der Waals surface area contributed by atoms with Crippen molar-refractivity contribution < 1.29 is 19.2 Å². The van der Waals surface area contributed by atoms with E-state index in [9.17, 15) is 19.2 Å². The van der Waals surface area contributed by atoms with Crippen molar-refractivity contribution in [3.05, 3.63) is 27.8 Å². The first-order chi connectivity index (χ1) is 9.65. The highest BCUT2D eigenvalue weighted by Gasteiger charge is 2.22. The molecule has 0 aliphatic carbocycles. The summed E-state index contributed by atoms with van der Waals surface area (Å²) in [6.45, 7) is 4.20. The molecule has 5 nitrogen and oxygen atoms in total. The van der Waals surface area contributed by atoms with E-state index in [0.29, 0.717) is 5.56 Å². The lowest BCUT2D eigenvalue weighted by Gasteiger charge is -2.13. The Morgan fingerprint density at radius 2 is 1.52 bits per heavy atom. The van der Waals surface area contributed by atoms with Crippen LogP contribution in [-0.4, -0.2) is 23.1 Å². The third kappa shape index (κ3) is 3.98. The van der Waals surface area contributed by atoms with Gasteiger partial charge in [-0.25, -0.2) is 0 Å². The average Bonchev–Trinajstić information content (AvgIpc) is 2.31. The molecule has 6 heteroatoms. The van der Waals surface area contributed by atoms with Gasteiger partial charge in [-0.05, 0) is 32.4 Å². The second kappa shape index (κ2) is 6.63. The highest BCUT2D eigenvalue weighted by molar-refractivity contribution is 6.38. The van der Waals surface area contributed by atoms with Crippen LogP contribution in [0.25, 0.3) is 0 Å². The molecule has 0 aliphatic rings. The van der Waals surface area contributed by atoms with Crippen LogP contribution in [0, 0.1) is 6.92 Å². The molecule has 0 spiro atoms. The lowest BCUT2D eigenvalue weighted by molar-refractivity contribution is -0.117. The Hall–Kier alpha value is -2.01. The summed E-state index contributed by atoms with van der Waals surface area (Å²) >= 11 is 6.04. The normalized spacial score (nSPS) is 10.3. The van der Waals surface area contributed by atoms with Crippen LogP contribution in [0.5, 0.6) is 0 Å². The monoisotopic (exact) mass is 309 g/mol. The second-order valence-electron chi connectivity index (χ2n) is 4.95. The Bertz CT molecular complexity index is 650. The van der Waals surface area contributed by atoms with Crippen LogP contribution >= 0.6 is 11.6 Å². The Kier molecular flexibility index (Phi) is 5.38. The summed E-state index contributed by atoms with van der Waals surface area (Å²) in [6.07, 6.45) is -0.554. The molecule has 0 unspecified atom stereocenters. The summed E-state index contributed by atoms with van der Waals surface area (Å²) in [6, 6.07) is 1.43. The SMILES string of the molecule is CC(=O)CC(=O)c1cc(C)c(C(=O)CC(C)=O)c(N)c1Cl. The summed E-state index contributed by atoms with van der Waals surface area (Å²) in [4.78, 5) is 46.0. The molecule has 0 bridgehead atoms. The fourth-order valence-electron chi connectivity index (χ4n) is 2.03. The van der Waals surface area contributed by atoms with E-state index in [1.807, 2.05) is 0 Å². The number of hydrogen-bond acceptors (Lipinski definition) is 5. The van der Waals surface area contributed by atoms with Crippen LogP contribution in [0.1, 0.15) is 53.0 Å². The number of ketones is 4. The van der Waals surface area contributed by atoms with E-state index in [4.69, 9.17) is 17.3 Å². The lowest BCUT2D eigenvalue weighted by Crippen LogP contribution is -2.13. The molecular weight excluding hydrogens is 294 g/mol. The summed E-state index contributed by atoms with van der Waals surface area (Å²) in [7, 11) is 0. The van der Waals surface area contributed by atoms with E-state index in [1.165, 1.54) is 19.9 Å². The van der Waals surface area contributed by atoms with Crippen molar-refractivity contribution in [2.75, 3.05) is 5.73 Å². The van der Waals surface area contributed by atoms with Gasteiger partial charge in [0.25, 0.3) is 0 Å². The van der Waals surface area contributed by atoms with Crippen molar-refractivity contribution in [2.24, 2.45) is 0 Å². The molecule has 1 rings (SSSR count). The van der Waals surface area contributed by atoms with E-state index in [0.717, 1.165) is 0 Å². The molecular formula is C15H16ClNO4. The number of rotatable bonds is 6. The van der Waals surface area contributed by atoms with Gasteiger partial charge in [0.15, 0.2) is 11.6 Å². The maximum atomic E-state index is 12.0. The third-order valence-electron chi connectivity index (χ3n) is 2.90. The minimum Gasteiger partial charge on any atom is -0.397 e. The Balaban J connectivity index is 3.33. The van der Waals surface area contributed by atoms with Gasteiger partial charge in [-0.3, -0.25) is 19.2 Å². The van der Waals surface area contributed by atoms with Gasteiger partial charge in [0, 0.05) is 11.1 Å². The van der Waals surface area contributed by atoms with Gasteiger partial charge in [-0.15, -0.1) is 0 Å². The van der Waals surface area contributed by atoms with Gasteiger partial charge < -0.3 is 5.73 Å². The van der Waals surface area contributed by atoms with Crippen molar-refractivity contribution in [1.29, 1.82) is 0 Å². The first kappa shape index (κ1) is 17.0. The molecule has 112 valence electrons.